The fourth-order valence-electron chi connectivity index (χ4n) is 1.29. The molecule has 0 aliphatic rings. The minimum Gasteiger partial charge on any atom is -0.330 e. The van der Waals surface area contributed by atoms with Crippen LogP contribution in [0.1, 0.15) is 0 Å². The molecule has 0 atom stereocenters. The van der Waals surface area contributed by atoms with Crippen molar-refractivity contribution in [1.82, 2.24) is 9.97 Å². The molecule has 0 aliphatic carbocycles. The third-order valence-electron chi connectivity index (χ3n) is 1.99. The second-order valence-corrected chi connectivity index (χ2v) is 4.25. The lowest BCUT2D eigenvalue weighted by molar-refractivity contribution is 0.584. The van der Waals surface area contributed by atoms with Crippen LogP contribution in [-0.4, -0.2) is 9.97 Å². The molecule has 1 N–H and O–H groups in total. The van der Waals surface area contributed by atoms with E-state index in [-0.39, 0.29) is 20.5 Å². The molecular weight excluding hydrogens is 298 g/mol. The predicted molar refractivity (Wildman–Crippen MR) is 62.5 cm³/mol. The van der Waals surface area contributed by atoms with Crippen LogP contribution in [0.25, 0.3) is 11.3 Å². The van der Waals surface area contributed by atoms with Gasteiger partial charge in [-0.3, -0.25) is 0 Å². The van der Waals surface area contributed by atoms with Crippen LogP contribution < -0.4 is 0 Å². The van der Waals surface area contributed by atoms with E-state index in [1.165, 1.54) is 24.4 Å². The largest absolute Gasteiger partial charge is 0.330 e. The van der Waals surface area contributed by atoms with Crippen LogP contribution in [0.2, 0.25) is 0 Å². The highest BCUT2D eigenvalue weighted by Crippen LogP contribution is 2.28. The van der Waals surface area contributed by atoms with Gasteiger partial charge in [-0.2, -0.15) is 0 Å². The molecule has 2 nitrogen and oxygen atoms in total. The number of H-pyrrole nitrogens is 1. The highest BCUT2D eigenvalue weighted by atomic mass is 79.9. The van der Waals surface area contributed by atoms with Gasteiger partial charge in [-0.25, -0.2) is 13.8 Å². The first-order valence-corrected chi connectivity index (χ1v) is 5.49. The molecule has 0 amide bonds. The number of benzene rings is 1. The molecule has 0 aliphatic heterocycles. The fourth-order valence-corrected chi connectivity index (χ4v) is 1.79. The van der Waals surface area contributed by atoms with Gasteiger partial charge in [-0.05, 0) is 46.3 Å². The zero-order chi connectivity index (χ0) is 11.7. The molecule has 1 aromatic carbocycles. The summed E-state index contributed by atoms with van der Waals surface area (Å²) in [5, 5.41) is 0. The second kappa shape index (κ2) is 4.39. The lowest BCUT2D eigenvalue weighted by atomic mass is 10.1. The van der Waals surface area contributed by atoms with Crippen molar-refractivity contribution < 1.29 is 8.78 Å². The summed E-state index contributed by atoms with van der Waals surface area (Å²) in [6, 6.07) is 3.95. The Morgan fingerprint density at radius 2 is 2.00 bits per heavy atom. The molecule has 0 fully saturated rings. The molecule has 0 spiro atoms. The first kappa shape index (κ1) is 11.3. The van der Waals surface area contributed by atoms with Gasteiger partial charge in [0.2, 0.25) is 0 Å². The molecule has 0 radical (unpaired) electrons. The van der Waals surface area contributed by atoms with Gasteiger partial charge in [0, 0.05) is 6.20 Å². The molecule has 82 valence electrons. The Hall–Kier alpha value is -1.14. The molecule has 2 aromatic rings. The third kappa shape index (κ3) is 2.03. The Bertz CT molecular complexity index is 598. The van der Waals surface area contributed by atoms with Crippen LogP contribution in [0.4, 0.5) is 8.78 Å². The van der Waals surface area contributed by atoms with E-state index in [4.69, 9.17) is 12.2 Å². The molecule has 16 heavy (non-hydrogen) atoms. The lowest BCUT2D eigenvalue weighted by Gasteiger charge is -2.06. The number of nitrogens with zero attached hydrogens (tertiary/aromatic N) is 1. The summed E-state index contributed by atoms with van der Waals surface area (Å²) in [5.41, 5.74) is 0.110. The number of hydrogen-bond donors (Lipinski definition) is 1. The predicted octanol–water partition coefficient (Wildman–Crippen LogP) is 3.85. The van der Waals surface area contributed by atoms with Gasteiger partial charge in [-0.1, -0.05) is 0 Å². The molecule has 1 aromatic heterocycles. The third-order valence-corrected chi connectivity index (χ3v) is 2.81. The van der Waals surface area contributed by atoms with Gasteiger partial charge < -0.3 is 4.98 Å². The number of aromatic nitrogens is 2. The highest BCUT2D eigenvalue weighted by Gasteiger charge is 2.14. The van der Waals surface area contributed by atoms with Crippen molar-refractivity contribution in [2.75, 3.05) is 0 Å². The summed E-state index contributed by atoms with van der Waals surface area (Å²) in [4.78, 5) is 6.39. The van der Waals surface area contributed by atoms with Crippen LogP contribution in [0, 0.1) is 16.4 Å². The zero-order valence-electron chi connectivity index (χ0n) is 7.80. The van der Waals surface area contributed by atoms with E-state index in [1.54, 1.807) is 0 Å². The van der Waals surface area contributed by atoms with E-state index in [1.807, 2.05) is 0 Å². The number of hydrogen-bond acceptors (Lipinski definition) is 2. The van der Waals surface area contributed by atoms with Gasteiger partial charge in [0.15, 0.2) is 4.77 Å². The Labute approximate surface area is 103 Å². The first-order valence-electron chi connectivity index (χ1n) is 4.29. The van der Waals surface area contributed by atoms with Gasteiger partial charge in [0.25, 0.3) is 0 Å². The highest BCUT2D eigenvalue weighted by molar-refractivity contribution is 9.10. The van der Waals surface area contributed by atoms with Crippen LogP contribution in [-0.2, 0) is 0 Å². The molecule has 0 bridgehead atoms. The molecule has 2 rings (SSSR count). The maximum atomic E-state index is 13.7. The Balaban J connectivity index is 2.73. The van der Waals surface area contributed by atoms with E-state index >= 15 is 0 Å². The Kier molecular flexibility index (Phi) is 3.11. The van der Waals surface area contributed by atoms with Crippen molar-refractivity contribution in [3.63, 3.8) is 0 Å². The monoisotopic (exact) mass is 302 g/mol. The molecular formula is C10H5BrF2N2S. The molecule has 1 heterocycles. The minimum atomic E-state index is -0.670. The average Bonchev–Trinajstić information content (AvgIpc) is 2.24. The summed E-state index contributed by atoms with van der Waals surface area (Å²) in [5.74, 6) is -1.32. The second-order valence-electron chi connectivity index (χ2n) is 3.01. The first-order chi connectivity index (χ1) is 7.59. The van der Waals surface area contributed by atoms with Crippen molar-refractivity contribution in [2.45, 2.75) is 0 Å². The van der Waals surface area contributed by atoms with Crippen molar-refractivity contribution in [3.05, 3.63) is 45.3 Å². The Morgan fingerprint density at radius 3 is 2.69 bits per heavy atom. The minimum absolute atomic E-state index is 0.150. The number of rotatable bonds is 1. The zero-order valence-corrected chi connectivity index (χ0v) is 10.2. The standard InChI is InChI=1S/C10H5BrF2N2S/c11-5-1-2-6(12)8(9(5)13)7-3-4-14-10(16)15-7/h1-4H,(H,14,15,16). The normalized spacial score (nSPS) is 10.4. The topological polar surface area (TPSA) is 28.7 Å². The quantitative estimate of drug-likeness (QED) is 0.640. The number of aromatic amines is 1. The maximum Gasteiger partial charge on any atom is 0.197 e. The smallest absolute Gasteiger partial charge is 0.197 e. The lowest BCUT2D eigenvalue weighted by Crippen LogP contribution is -1.94. The maximum absolute atomic E-state index is 13.7. The SMILES string of the molecule is Fc1ccc(Br)c(F)c1-c1ccnc(=S)[nH]1. The summed E-state index contributed by atoms with van der Waals surface area (Å²) in [7, 11) is 0. The molecule has 0 unspecified atom stereocenters. The van der Waals surface area contributed by atoms with Crippen molar-refractivity contribution in [3.8, 4) is 11.3 Å². The average molecular weight is 303 g/mol. The fraction of sp³-hybridized carbons (Fsp3) is 0. The Morgan fingerprint density at radius 1 is 1.25 bits per heavy atom. The van der Waals surface area contributed by atoms with Crippen LogP contribution in [0.15, 0.2) is 28.9 Å². The molecule has 0 saturated heterocycles. The van der Waals surface area contributed by atoms with Gasteiger partial charge in [0.05, 0.1) is 15.7 Å². The van der Waals surface area contributed by atoms with Crippen LogP contribution in [0.5, 0.6) is 0 Å². The summed E-state index contributed by atoms with van der Waals surface area (Å²) in [6.45, 7) is 0. The van der Waals surface area contributed by atoms with Gasteiger partial charge in [0.1, 0.15) is 11.6 Å². The van der Waals surface area contributed by atoms with E-state index in [0.29, 0.717) is 0 Å². The van der Waals surface area contributed by atoms with Crippen molar-refractivity contribution in [1.29, 1.82) is 0 Å². The summed E-state index contributed by atoms with van der Waals surface area (Å²) in [6.07, 6.45) is 1.40. The van der Waals surface area contributed by atoms with Crippen molar-refractivity contribution >= 4 is 28.1 Å². The molecule has 0 saturated carbocycles. The summed E-state index contributed by atoms with van der Waals surface area (Å²) >= 11 is 7.79. The van der Waals surface area contributed by atoms with Gasteiger partial charge >= 0.3 is 0 Å². The molecule has 6 heteroatoms. The van der Waals surface area contributed by atoms with Crippen molar-refractivity contribution in [2.24, 2.45) is 0 Å². The van der Waals surface area contributed by atoms with E-state index in [2.05, 4.69) is 25.9 Å². The summed E-state index contributed by atoms with van der Waals surface area (Å²) < 4.78 is 27.6. The van der Waals surface area contributed by atoms with E-state index in [0.717, 1.165) is 0 Å². The van der Waals surface area contributed by atoms with Crippen LogP contribution >= 0.6 is 28.1 Å². The van der Waals surface area contributed by atoms with Crippen LogP contribution in [0.3, 0.4) is 0 Å². The number of nitrogens with one attached hydrogen (secondary N) is 1. The number of halogens is 3. The van der Waals surface area contributed by atoms with E-state index < -0.39 is 11.6 Å². The van der Waals surface area contributed by atoms with Gasteiger partial charge in [-0.15, -0.1) is 0 Å². The van der Waals surface area contributed by atoms with E-state index in [9.17, 15) is 8.78 Å².